The Bertz CT molecular complexity index is 397. The van der Waals surface area contributed by atoms with Gasteiger partial charge in [-0.15, -0.1) is 0 Å². The van der Waals surface area contributed by atoms with Crippen molar-refractivity contribution in [2.24, 2.45) is 5.92 Å². The SMILES string of the molecule is CCC(CC)N1C(=O)C(C)(C)NC(=O)C1(C)C1CC1. The first-order valence-electron chi connectivity index (χ1n) is 7.45. The van der Waals surface area contributed by atoms with Crippen LogP contribution in [0.15, 0.2) is 0 Å². The van der Waals surface area contributed by atoms with Crippen LogP contribution in [0, 0.1) is 5.92 Å². The predicted octanol–water partition coefficient (Wildman–Crippen LogP) is 2.08. The molecule has 0 aromatic rings. The summed E-state index contributed by atoms with van der Waals surface area (Å²) in [5.41, 5.74) is -1.43. The van der Waals surface area contributed by atoms with Crippen molar-refractivity contribution in [1.82, 2.24) is 10.2 Å². The van der Waals surface area contributed by atoms with Crippen molar-refractivity contribution in [3.63, 3.8) is 0 Å². The Hall–Kier alpha value is -1.06. The van der Waals surface area contributed by atoms with E-state index in [-0.39, 0.29) is 17.9 Å². The maximum Gasteiger partial charge on any atom is 0.248 e. The minimum Gasteiger partial charge on any atom is -0.340 e. The Balaban J connectivity index is 2.45. The van der Waals surface area contributed by atoms with Gasteiger partial charge >= 0.3 is 0 Å². The van der Waals surface area contributed by atoms with Gasteiger partial charge in [-0.1, -0.05) is 13.8 Å². The Morgan fingerprint density at radius 2 is 1.74 bits per heavy atom. The van der Waals surface area contributed by atoms with Gasteiger partial charge in [0.2, 0.25) is 11.8 Å². The fourth-order valence-electron chi connectivity index (χ4n) is 3.31. The average Bonchev–Trinajstić information content (AvgIpc) is 3.16. The fraction of sp³-hybridized carbons (Fsp3) is 0.867. The lowest BCUT2D eigenvalue weighted by Gasteiger charge is -2.52. The van der Waals surface area contributed by atoms with Crippen LogP contribution in [0.4, 0.5) is 0 Å². The van der Waals surface area contributed by atoms with Crippen molar-refractivity contribution in [3.8, 4) is 0 Å². The van der Waals surface area contributed by atoms with Crippen LogP contribution in [0.1, 0.15) is 60.3 Å². The van der Waals surface area contributed by atoms with E-state index in [1.54, 1.807) is 13.8 Å². The monoisotopic (exact) mass is 266 g/mol. The number of nitrogens with zero attached hydrogens (tertiary/aromatic N) is 1. The Kier molecular flexibility index (Phi) is 3.40. The summed E-state index contributed by atoms with van der Waals surface area (Å²) < 4.78 is 0. The summed E-state index contributed by atoms with van der Waals surface area (Å²) in [4.78, 5) is 27.3. The van der Waals surface area contributed by atoms with Crippen molar-refractivity contribution >= 4 is 11.8 Å². The molecule has 0 aromatic heterocycles. The third-order valence-electron chi connectivity index (χ3n) is 4.82. The fourth-order valence-corrected chi connectivity index (χ4v) is 3.31. The second-order valence-electron chi connectivity index (χ2n) is 6.65. The second kappa shape index (κ2) is 4.50. The maximum absolute atomic E-state index is 12.8. The molecule has 1 saturated heterocycles. The van der Waals surface area contributed by atoms with E-state index >= 15 is 0 Å². The van der Waals surface area contributed by atoms with Crippen molar-refractivity contribution in [2.45, 2.75) is 77.4 Å². The van der Waals surface area contributed by atoms with Crippen LogP contribution in [-0.2, 0) is 9.59 Å². The molecule has 0 aromatic carbocycles. The molecule has 2 aliphatic rings. The molecule has 1 atom stereocenters. The molecule has 108 valence electrons. The van der Waals surface area contributed by atoms with Crippen molar-refractivity contribution in [1.29, 1.82) is 0 Å². The van der Waals surface area contributed by atoms with Crippen LogP contribution in [0.25, 0.3) is 0 Å². The molecule has 2 amide bonds. The molecule has 2 rings (SSSR count). The molecule has 19 heavy (non-hydrogen) atoms. The normalized spacial score (nSPS) is 30.7. The number of amides is 2. The van der Waals surface area contributed by atoms with Crippen LogP contribution in [0.2, 0.25) is 0 Å². The van der Waals surface area contributed by atoms with Gasteiger partial charge in [0.25, 0.3) is 0 Å². The van der Waals surface area contributed by atoms with Crippen molar-refractivity contribution < 1.29 is 9.59 Å². The lowest BCUT2D eigenvalue weighted by Crippen LogP contribution is -2.75. The molecule has 1 aliphatic heterocycles. The van der Waals surface area contributed by atoms with Crippen LogP contribution >= 0.6 is 0 Å². The third kappa shape index (κ3) is 2.05. The predicted molar refractivity (Wildman–Crippen MR) is 74.6 cm³/mol. The molecule has 4 nitrogen and oxygen atoms in total. The number of piperazine rings is 1. The van der Waals surface area contributed by atoms with E-state index in [2.05, 4.69) is 19.2 Å². The molecule has 0 radical (unpaired) electrons. The summed E-state index contributed by atoms with van der Waals surface area (Å²) in [6.07, 6.45) is 3.89. The van der Waals surface area contributed by atoms with E-state index in [0.717, 1.165) is 25.7 Å². The van der Waals surface area contributed by atoms with Crippen molar-refractivity contribution in [3.05, 3.63) is 0 Å². The highest BCUT2D eigenvalue weighted by Gasteiger charge is 2.60. The van der Waals surface area contributed by atoms with Gasteiger partial charge < -0.3 is 10.2 Å². The van der Waals surface area contributed by atoms with Crippen LogP contribution in [-0.4, -0.2) is 33.8 Å². The first-order chi connectivity index (χ1) is 8.79. The number of nitrogens with one attached hydrogen (secondary N) is 1. The summed E-state index contributed by atoms with van der Waals surface area (Å²) in [5, 5.41) is 2.92. The summed E-state index contributed by atoms with van der Waals surface area (Å²) in [6.45, 7) is 9.73. The first-order valence-corrected chi connectivity index (χ1v) is 7.45. The van der Waals surface area contributed by atoms with Crippen LogP contribution in [0.3, 0.4) is 0 Å². The first kappa shape index (κ1) is 14.4. The van der Waals surface area contributed by atoms with E-state index in [1.807, 2.05) is 11.8 Å². The Morgan fingerprint density at radius 3 is 2.16 bits per heavy atom. The maximum atomic E-state index is 12.8. The van der Waals surface area contributed by atoms with Gasteiger partial charge in [0.15, 0.2) is 0 Å². The molecule has 1 unspecified atom stereocenters. The van der Waals surface area contributed by atoms with E-state index in [1.165, 1.54) is 0 Å². The summed E-state index contributed by atoms with van der Waals surface area (Å²) in [5.74, 6) is 0.412. The van der Waals surface area contributed by atoms with Gasteiger partial charge in [-0.3, -0.25) is 9.59 Å². The quantitative estimate of drug-likeness (QED) is 0.847. The third-order valence-corrected chi connectivity index (χ3v) is 4.82. The molecule has 1 N–H and O–H groups in total. The highest BCUT2D eigenvalue weighted by Crippen LogP contribution is 2.47. The Labute approximate surface area is 115 Å². The van der Waals surface area contributed by atoms with Crippen LogP contribution in [0.5, 0.6) is 0 Å². The molecule has 1 saturated carbocycles. The molecule has 1 heterocycles. The van der Waals surface area contributed by atoms with Crippen molar-refractivity contribution in [2.75, 3.05) is 0 Å². The standard InChI is InChI=1S/C15H26N2O2/c1-6-11(7-2)17-13(19)14(3,4)16-12(18)15(17,5)10-8-9-10/h10-11H,6-9H2,1-5H3,(H,16,18). The van der Waals surface area contributed by atoms with Gasteiger partial charge in [-0.25, -0.2) is 0 Å². The lowest BCUT2D eigenvalue weighted by atomic mass is 9.82. The zero-order valence-electron chi connectivity index (χ0n) is 12.7. The zero-order valence-corrected chi connectivity index (χ0v) is 12.7. The topological polar surface area (TPSA) is 49.4 Å². The highest BCUT2D eigenvalue weighted by molar-refractivity contribution is 6.02. The largest absolute Gasteiger partial charge is 0.340 e. The highest BCUT2D eigenvalue weighted by atomic mass is 16.2. The number of rotatable bonds is 4. The molecular weight excluding hydrogens is 240 g/mol. The van der Waals surface area contributed by atoms with Gasteiger partial charge in [-0.05, 0) is 52.4 Å². The summed E-state index contributed by atoms with van der Waals surface area (Å²) in [6, 6.07) is 0.156. The second-order valence-corrected chi connectivity index (χ2v) is 6.65. The summed E-state index contributed by atoms with van der Waals surface area (Å²) >= 11 is 0. The molecule has 0 spiro atoms. The van der Waals surface area contributed by atoms with Gasteiger partial charge in [-0.2, -0.15) is 0 Å². The molecule has 2 fully saturated rings. The van der Waals surface area contributed by atoms with E-state index in [0.29, 0.717) is 5.92 Å². The average molecular weight is 266 g/mol. The van der Waals surface area contributed by atoms with E-state index in [4.69, 9.17) is 0 Å². The number of hydrogen-bond donors (Lipinski definition) is 1. The van der Waals surface area contributed by atoms with Gasteiger partial charge in [0, 0.05) is 6.04 Å². The Morgan fingerprint density at radius 1 is 1.21 bits per heavy atom. The molecular formula is C15H26N2O2. The van der Waals surface area contributed by atoms with E-state index in [9.17, 15) is 9.59 Å². The number of carbonyl (C=O) groups excluding carboxylic acids is 2. The molecule has 4 heteroatoms. The minimum absolute atomic E-state index is 0.0199. The zero-order chi connectivity index (χ0) is 14.4. The lowest BCUT2D eigenvalue weighted by molar-refractivity contribution is -0.166. The smallest absolute Gasteiger partial charge is 0.248 e. The van der Waals surface area contributed by atoms with Gasteiger partial charge in [0.05, 0.1) is 0 Å². The number of hydrogen-bond acceptors (Lipinski definition) is 2. The van der Waals surface area contributed by atoms with E-state index < -0.39 is 11.1 Å². The number of carbonyl (C=O) groups is 2. The molecule has 1 aliphatic carbocycles. The van der Waals surface area contributed by atoms with Gasteiger partial charge in [0.1, 0.15) is 11.1 Å². The molecule has 0 bridgehead atoms. The minimum atomic E-state index is -0.784. The van der Waals surface area contributed by atoms with Crippen LogP contribution < -0.4 is 5.32 Å². The summed E-state index contributed by atoms with van der Waals surface area (Å²) in [7, 11) is 0.